The Bertz CT molecular complexity index is 776. The minimum atomic E-state index is -3.49. The number of hydrogen-bond acceptors (Lipinski definition) is 4. The molecular weight excluding hydrogens is 312 g/mol. The normalized spacial score (nSPS) is 19.8. The smallest absolute Gasteiger partial charge is 0.243 e. The van der Waals surface area contributed by atoms with E-state index in [0.717, 1.165) is 30.1 Å². The van der Waals surface area contributed by atoms with E-state index in [1.165, 1.54) is 0 Å². The van der Waals surface area contributed by atoms with Gasteiger partial charge in [0.15, 0.2) is 0 Å². The van der Waals surface area contributed by atoms with E-state index in [-0.39, 0.29) is 5.92 Å². The number of nitrogen functional groups attached to an aromatic ring is 1. The molecule has 1 aliphatic rings. The largest absolute Gasteiger partial charge is 0.399 e. The van der Waals surface area contributed by atoms with Gasteiger partial charge >= 0.3 is 0 Å². The zero-order valence-electron chi connectivity index (χ0n) is 13.4. The van der Waals surface area contributed by atoms with Crippen LogP contribution in [0, 0.1) is 13.8 Å². The molecule has 1 fully saturated rings. The summed E-state index contributed by atoms with van der Waals surface area (Å²) in [5.41, 5.74) is 8.21. The van der Waals surface area contributed by atoms with Gasteiger partial charge in [-0.3, -0.25) is 0 Å². The van der Waals surface area contributed by atoms with Gasteiger partial charge in [0.2, 0.25) is 10.0 Å². The Morgan fingerprint density at radius 1 is 1.26 bits per heavy atom. The summed E-state index contributed by atoms with van der Waals surface area (Å²) in [6.45, 7) is 4.94. The second-order valence-electron chi connectivity index (χ2n) is 6.10. The van der Waals surface area contributed by atoms with Crippen molar-refractivity contribution in [2.75, 3.05) is 18.8 Å². The van der Waals surface area contributed by atoms with Crippen molar-refractivity contribution in [2.45, 2.75) is 37.5 Å². The molecule has 1 saturated heterocycles. The van der Waals surface area contributed by atoms with Crippen LogP contribution in [0.4, 0.5) is 5.69 Å². The highest BCUT2D eigenvalue weighted by Gasteiger charge is 2.32. The summed E-state index contributed by atoms with van der Waals surface area (Å²) in [4.78, 5) is 8.12. The summed E-state index contributed by atoms with van der Waals surface area (Å²) in [5, 5.41) is 0. The molecule has 0 saturated carbocycles. The number of H-pyrrole nitrogens is 1. The van der Waals surface area contributed by atoms with Crippen molar-refractivity contribution in [3.8, 4) is 0 Å². The van der Waals surface area contributed by atoms with E-state index in [9.17, 15) is 8.42 Å². The standard InChI is InChI=1S/C16H22N4O2S/c1-11-12(2)19-16(18-11)13-4-3-9-20(10-13)23(21,22)15-7-5-14(17)6-8-15/h5-8,13H,3-4,9-10,17H2,1-2H3,(H,18,19). The lowest BCUT2D eigenvalue weighted by Crippen LogP contribution is -2.39. The van der Waals surface area contributed by atoms with E-state index in [0.29, 0.717) is 23.7 Å². The second kappa shape index (κ2) is 5.98. The summed E-state index contributed by atoms with van der Waals surface area (Å²) < 4.78 is 27.2. The monoisotopic (exact) mass is 334 g/mol. The molecule has 7 heteroatoms. The SMILES string of the molecule is Cc1nc(C2CCCN(S(=O)(=O)c3ccc(N)cc3)C2)[nH]c1C. The molecule has 0 spiro atoms. The number of hydrogen-bond donors (Lipinski definition) is 2. The van der Waals surface area contributed by atoms with Crippen molar-refractivity contribution < 1.29 is 8.42 Å². The van der Waals surface area contributed by atoms with Gasteiger partial charge in [-0.2, -0.15) is 4.31 Å². The third-order valence-corrected chi connectivity index (χ3v) is 6.31. The number of benzene rings is 1. The van der Waals surface area contributed by atoms with Crippen LogP contribution in [0.1, 0.15) is 36.0 Å². The van der Waals surface area contributed by atoms with E-state index in [1.807, 2.05) is 13.8 Å². The van der Waals surface area contributed by atoms with Crippen LogP contribution in [0.5, 0.6) is 0 Å². The summed E-state index contributed by atoms with van der Waals surface area (Å²) in [7, 11) is -3.49. The van der Waals surface area contributed by atoms with Gasteiger partial charge in [-0.1, -0.05) is 0 Å². The molecule has 3 rings (SSSR count). The molecule has 3 N–H and O–H groups in total. The molecule has 6 nitrogen and oxygen atoms in total. The Balaban J connectivity index is 1.84. The predicted molar refractivity (Wildman–Crippen MR) is 89.6 cm³/mol. The molecule has 1 aromatic heterocycles. The zero-order valence-corrected chi connectivity index (χ0v) is 14.2. The van der Waals surface area contributed by atoms with Gasteiger partial charge < -0.3 is 10.7 Å². The molecule has 2 heterocycles. The Morgan fingerprint density at radius 2 is 1.96 bits per heavy atom. The van der Waals surface area contributed by atoms with Crippen LogP contribution < -0.4 is 5.73 Å². The number of rotatable bonds is 3. The van der Waals surface area contributed by atoms with Crippen LogP contribution in [-0.4, -0.2) is 35.8 Å². The van der Waals surface area contributed by atoms with Gasteiger partial charge in [0.1, 0.15) is 5.82 Å². The molecule has 2 aromatic rings. The number of imidazole rings is 1. The number of aromatic nitrogens is 2. The van der Waals surface area contributed by atoms with Gasteiger partial charge in [-0.05, 0) is 51.0 Å². The lowest BCUT2D eigenvalue weighted by Gasteiger charge is -2.31. The Hall–Kier alpha value is -1.86. The van der Waals surface area contributed by atoms with Crippen molar-refractivity contribution in [3.63, 3.8) is 0 Å². The number of aryl methyl sites for hydroxylation is 2. The van der Waals surface area contributed by atoms with Crippen molar-refractivity contribution in [1.29, 1.82) is 0 Å². The number of piperidine rings is 1. The fourth-order valence-corrected chi connectivity index (χ4v) is 4.46. The fraction of sp³-hybridized carbons (Fsp3) is 0.438. The van der Waals surface area contributed by atoms with Crippen LogP contribution in [0.25, 0.3) is 0 Å². The maximum atomic E-state index is 12.8. The van der Waals surface area contributed by atoms with Crippen molar-refractivity contribution in [3.05, 3.63) is 41.5 Å². The second-order valence-corrected chi connectivity index (χ2v) is 8.04. The molecule has 1 aliphatic heterocycles. The fourth-order valence-electron chi connectivity index (χ4n) is 2.94. The molecule has 23 heavy (non-hydrogen) atoms. The van der Waals surface area contributed by atoms with Gasteiger partial charge in [-0.15, -0.1) is 0 Å². The molecule has 0 bridgehead atoms. The average Bonchev–Trinajstić information content (AvgIpc) is 2.87. The Kier molecular flexibility index (Phi) is 4.16. The first-order valence-electron chi connectivity index (χ1n) is 7.76. The highest BCUT2D eigenvalue weighted by Crippen LogP contribution is 2.29. The van der Waals surface area contributed by atoms with Gasteiger partial charge in [0, 0.05) is 30.4 Å². The lowest BCUT2D eigenvalue weighted by molar-refractivity contribution is 0.310. The van der Waals surface area contributed by atoms with Crippen LogP contribution in [0.3, 0.4) is 0 Å². The van der Waals surface area contributed by atoms with Crippen LogP contribution >= 0.6 is 0 Å². The maximum absolute atomic E-state index is 12.8. The maximum Gasteiger partial charge on any atom is 0.243 e. The molecule has 1 unspecified atom stereocenters. The van der Waals surface area contributed by atoms with Crippen molar-refractivity contribution in [2.24, 2.45) is 0 Å². The summed E-state index contributed by atoms with van der Waals surface area (Å²) in [6, 6.07) is 6.37. The molecule has 0 amide bonds. The third kappa shape index (κ3) is 3.11. The highest BCUT2D eigenvalue weighted by atomic mass is 32.2. The third-order valence-electron chi connectivity index (χ3n) is 4.44. The number of nitrogens with zero attached hydrogens (tertiary/aromatic N) is 2. The lowest BCUT2D eigenvalue weighted by atomic mass is 9.99. The first-order chi connectivity index (χ1) is 10.9. The van der Waals surface area contributed by atoms with Gasteiger partial charge in [0.05, 0.1) is 10.6 Å². The van der Waals surface area contributed by atoms with Crippen LogP contribution in [0.15, 0.2) is 29.2 Å². The first kappa shape index (κ1) is 16.0. The molecule has 0 radical (unpaired) electrons. The van der Waals surface area contributed by atoms with E-state index in [2.05, 4.69) is 9.97 Å². The zero-order chi connectivity index (χ0) is 16.6. The van der Waals surface area contributed by atoms with E-state index < -0.39 is 10.0 Å². The molecular formula is C16H22N4O2S. The quantitative estimate of drug-likeness (QED) is 0.842. The Labute approximate surface area is 136 Å². The number of nitrogens with two attached hydrogens (primary N) is 1. The summed E-state index contributed by atoms with van der Waals surface area (Å²) >= 11 is 0. The Morgan fingerprint density at radius 3 is 2.57 bits per heavy atom. The van der Waals surface area contributed by atoms with E-state index in [4.69, 9.17) is 5.73 Å². The van der Waals surface area contributed by atoms with Crippen molar-refractivity contribution >= 4 is 15.7 Å². The molecule has 1 aromatic carbocycles. The van der Waals surface area contributed by atoms with Gasteiger partial charge in [0.25, 0.3) is 0 Å². The molecule has 1 atom stereocenters. The highest BCUT2D eigenvalue weighted by molar-refractivity contribution is 7.89. The van der Waals surface area contributed by atoms with Gasteiger partial charge in [-0.25, -0.2) is 13.4 Å². The minimum Gasteiger partial charge on any atom is -0.399 e. The summed E-state index contributed by atoms with van der Waals surface area (Å²) in [6.07, 6.45) is 1.78. The number of sulfonamides is 1. The predicted octanol–water partition coefficient (Wildman–Crippen LogP) is 2.18. The van der Waals surface area contributed by atoms with Crippen LogP contribution in [0.2, 0.25) is 0 Å². The minimum absolute atomic E-state index is 0.111. The molecule has 124 valence electrons. The number of nitrogens with one attached hydrogen (secondary N) is 1. The number of aromatic amines is 1. The van der Waals surface area contributed by atoms with Crippen LogP contribution in [-0.2, 0) is 10.0 Å². The topological polar surface area (TPSA) is 92.1 Å². The first-order valence-corrected chi connectivity index (χ1v) is 9.20. The number of anilines is 1. The molecule has 0 aliphatic carbocycles. The van der Waals surface area contributed by atoms with Crippen molar-refractivity contribution in [1.82, 2.24) is 14.3 Å². The average molecular weight is 334 g/mol. The summed E-state index contributed by atoms with van der Waals surface area (Å²) in [5.74, 6) is 0.997. The van der Waals surface area contributed by atoms with E-state index >= 15 is 0 Å². The van der Waals surface area contributed by atoms with E-state index in [1.54, 1.807) is 28.6 Å².